The van der Waals surface area contributed by atoms with Crippen LogP contribution in [0.3, 0.4) is 0 Å². The predicted octanol–water partition coefficient (Wildman–Crippen LogP) is 3.67. The van der Waals surface area contributed by atoms with Crippen LogP contribution in [0.1, 0.15) is 22.7 Å². The van der Waals surface area contributed by atoms with E-state index in [-0.39, 0.29) is 5.56 Å². The Bertz CT molecular complexity index is 602. The minimum absolute atomic E-state index is 0.0695. The van der Waals surface area contributed by atoms with E-state index in [0.29, 0.717) is 12.0 Å². The molecule has 2 aromatic rings. The van der Waals surface area contributed by atoms with Crippen molar-refractivity contribution in [3.8, 4) is 0 Å². The lowest BCUT2D eigenvalue weighted by Gasteiger charge is -2.15. The standard InChI is InChI=1S/C14H13BrF2N2/c1-8-2-3-11(16)13(14(8)17)12(18)5-9-4-10(15)7-19-6-9/h2-4,6-7,12H,5,18H2,1H3. The van der Waals surface area contributed by atoms with Crippen molar-refractivity contribution in [1.29, 1.82) is 0 Å². The zero-order valence-corrected chi connectivity index (χ0v) is 11.9. The van der Waals surface area contributed by atoms with Crippen LogP contribution in [-0.4, -0.2) is 4.98 Å². The van der Waals surface area contributed by atoms with Crippen molar-refractivity contribution in [3.05, 3.63) is 63.4 Å². The van der Waals surface area contributed by atoms with Crippen LogP contribution in [0.5, 0.6) is 0 Å². The topological polar surface area (TPSA) is 38.9 Å². The lowest BCUT2D eigenvalue weighted by Crippen LogP contribution is -2.17. The van der Waals surface area contributed by atoms with Gasteiger partial charge < -0.3 is 5.73 Å². The maximum atomic E-state index is 14.0. The molecule has 0 saturated heterocycles. The summed E-state index contributed by atoms with van der Waals surface area (Å²) < 4.78 is 28.5. The molecule has 2 rings (SSSR count). The predicted molar refractivity (Wildman–Crippen MR) is 73.7 cm³/mol. The Balaban J connectivity index is 2.30. The van der Waals surface area contributed by atoms with Gasteiger partial charge in [0.2, 0.25) is 0 Å². The summed E-state index contributed by atoms with van der Waals surface area (Å²) >= 11 is 3.30. The van der Waals surface area contributed by atoms with Crippen molar-refractivity contribution in [2.45, 2.75) is 19.4 Å². The van der Waals surface area contributed by atoms with Gasteiger partial charge in [-0.25, -0.2) is 8.78 Å². The number of hydrogen-bond acceptors (Lipinski definition) is 2. The molecule has 1 unspecified atom stereocenters. The maximum absolute atomic E-state index is 14.0. The van der Waals surface area contributed by atoms with Crippen molar-refractivity contribution in [2.75, 3.05) is 0 Å². The average molecular weight is 327 g/mol. The first-order chi connectivity index (χ1) is 8.99. The number of rotatable bonds is 3. The number of nitrogens with zero attached hydrogens (tertiary/aromatic N) is 1. The zero-order chi connectivity index (χ0) is 14.0. The summed E-state index contributed by atoms with van der Waals surface area (Å²) in [6.07, 6.45) is 3.60. The molecule has 1 aromatic carbocycles. The molecule has 0 radical (unpaired) electrons. The Hall–Kier alpha value is -1.33. The molecule has 0 aliphatic carbocycles. The van der Waals surface area contributed by atoms with Gasteiger partial charge in [0.15, 0.2) is 0 Å². The van der Waals surface area contributed by atoms with Crippen LogP contribution in [0.15, 0.2) is 35.1 Å². The quantitative estimate of drug-likeness (QED) is 0.934. The molecule has 0 amide bonds. The van der Waals surface area contributed by atoms with E-state index in [4.69, 9.17) is 5.73 Å². The lowest BCUT2D eigenvalue weighted by atomic mass is 9.98. The van der Waals surface area contributed by atoms with Crippen LogP contribution in [0.25, 0.3) is 0 Å². The number of pyridine rings is 1. The van der Waals surface area contributed by atoms with Crippen molar-refractivity contribution < 1.29 is 8.78 Å². The van der Waals surface area contributed by atoms with E-state index in [2.05, 4.69) is 20.9 Å². The highest BCUT2D eigenvalue weighted by Gasteiger charge is 2.18. The zero-order valence-electron chi connectivity index (χ0n) is 10.3. The van der Waals surface area contributed by atoms with Crippen LogP contribution in [-0.2, 0) is 6.42 Å². The van der Waals surface area contributed by atoms with Crippen LogP contribution < -0.4 is 5.73 Å². The lowest BCUT2D eigenvalue weighted by molar-refractivity contribution is 0.520. The number of aromatic nitrogens is 1. The number of aryl methyl sites for hydroxylation is 1. The van der Waals surface area contributed by atoms with Gasteiger partial charge in [0, 0.05) is 28.5 Å². The fourth-order valence-corrected chi connectivity index (χ4v) is 2.35. The smallest absolute Gasteiger partial charge is 0.133 e. The molecule has 1 atom stereocenters. The molecule has 0 saturated carbocycles. The highest BCUT2D eigenvalue weighted by atomic mass is 79.9. The Labute approximate surface area is 118 Å². The third-order valence-electron chi connectivity index (χ3n) is 2.91. The number of hydrogen-bond donors (Lipinski definition) is 1. The highest BCUT2D eigenvalue weighted by Crippen LogP contribution is 2.25. The molecule has 0 spiro atoms. The molecule has 19 heavy (non-hydrogen) atoms. The van der Waals surface area contributed by atoms with Gasteiger partial charge in [-0.1, -0.05) is 6.07 Å². The largest absolute Gasteiger partial charge is 0.323 e. The number of benzene rings is 1. The normalized spacial score (nSPS) is 12.5. The summed E-state index contributed by atoms with van der Waals surface area (Å²) in [6.45, 7) is 1.59. The van der Waals surface area contributed by atoms with Crippen LogP contribution >= 0.6 is 15.9 Å². The van der Waals surface area contributed by atoms with E-state index in [1.165, 1.54) is 12.1 Å². The third kappa shape index (κ3) is 3.16. The molecule has 100 valence electrons. The first-order valence-electron chi connectivity index (χ1n) is 5.78. The van der Waals surface area contributed by atoms with Crippen molar-refractivity contribution in [1.82, 2.24) is 4.98 Å². The van der Waals surface area contributed by atoms with Gasteiger partial charge in [0.25, 0.3) is 0 Å². The van der Waals surface area contributed by atoms with E-state index >= 15 is 0 Å². The highest BCUT2D eigenvalue weighted by molar-refractivity contribution is 9.10. The van der Waals surface area contributed by atoms with E-state index in [9.17, 15) is 8.78 Å². The first-order valence-corrected chi connectivity index (χ1v) is 6.58. The van der Waals surface area contributed by atoms with E-state index in [0.717, 1.165) is 10.0 Å². The average Bonchev–Trinajstić information content (AvgIpc) is 2.34. The molecule has 1 aromatic heterocycles. The van der Waals surface area contributed by atoms with Gasteiger partial charge in [-0.3, -0.25) is 4.98 Å². The molecule has 0 aliphatic rings. The molecule has 5 heteroatoms. The second kappa shape index (κ2) is 5.75. The monoisotopic (exact) mass is 326 g/mol. The van der Waals surface area contributed by atoms with Crippen LogP contribution in [0.4, 0.5) is 8.78 Å². The summed E-state index contributed by atoms with van der Waals surface area (Å²) in [5.74, 6) is -1.19. The van der Waals surface area contributed by atoms with Crippen LogP contribution in [0, 0.1) is 18.6 Å². The maximum Gasteiger partial charge on any atom is 0.133 e. The minimum Gasteiger partial charge on any atom is -0.323 e. The molecule has 2 nitrogen and oxygen atoms in total. The van der Waals surface area contributed by atoms with Crippen molar-refractivity contribution in [3.63, 3.8) is 0 Å². The fourth-order valence-electron chi connectivity index (χ4n) is 1.94. The van der Waals surface area contributed by atoms with Crippen molar-refractivity contribution >= 4 is 15.9 Å². The number of halogens is 3. The van der Waals surface area contributed by atoms with Gasteiger partial charge in [0.05, 0.1) is 0 Å². The summed E-state index contributed by atoms with van der Waals surface area (Å²) in [4.78, 5) is 4.00. The summed E-state index contributed by atoms with van der Waals surface area (Å²) in [7, 11) is 0. The molecule has 0 bridgehead atoms. The molecule has 2 N–H and O–H groups in total. The van der Waals surface area contributed by atoms with Gasteiger partial charge in [-0.05, 0) is 52.5 Å². The fraction of sp³-hybridized carbons (Fsp3) is 0.214. The Morgan fingerprint density at radius 3 is 2.74 bits per heavy atom. The second-order valence-electron chi connectivity index (χ2n) is 4.41. The third-order valence-corrected chi connectivity index (χ3v) is 3.34. The van der Waals surface area contributed by atoms with Gasteiger partial charge in [-0.2, -0.15) is 0 Å². The van der Waals surface area contributed by atoms with Gasteiger partial charge in [-0.15, -0.1) is 0 Å². The summed E-state index contributed by atoms with van der Waals surface area (Å²) in [6, 6.07) is 3.74. The Morgan fingerprint density at radius 2 is 2.05 bits per heavy atom. The molecule has 0 aliphatic heterocycles. The van der Waals surface area contributed by atoms with Gasteiger partial charge in [0.1, 0.15) is 11.6 Å². The van der Waals surface area contributed by atoms with Crippen molar-refractivity contribution in [2.24, 2.45) is 5.73 Å². The molecule has 0 fully saturated rings. The van der Waals surface area contributed by atoms with E-state index < -0.39 is 17.7 Å². The molecular weight excluding hydrogens is 314 g/mol. The minimum atomic E-state index is -0.740. The SMILES string of the molecule is Cc1ccc(F)c(C(N)Cc2cncc(Br)c2)c1F. The molecular formula is C14H13BrF2N2. The number of nitrogens with two attached hydrogens (primary N) is 1. The summed E-state index contributed by atoms with van der Waals surface area (Å²) in [5, 5.41) is 0. The first kappa shape index (κ1) is 14.1. The Kier molecular flexibility index (Phi) is 4.27. The van der Waals surface area contributed by atoms with E-state index in [1.807, 2.05) is 6.07 Å². The Morgan fingerprint density at radius 1 is 1.32 bits per heavy atom. The van der Waals surface area contributed by atoms with E-state index in [1.54, 1.807) is 19.3 Å². The second-order valence-corrected chi connectivity index (χ2v) is 5.33. The van der Waals surface area contributed by atoms with Crippen LogP contribution in [0.2, 0.25) is 0 Å². The van der Waals surface area contributed by atoms with Gasteiger partial charge >= 0.3 is 0 Å². The molecule has 1 heterocycles. The summed E-state index contributed by atoms with van der Waals surface area (Å²) in [5.41, 5.74) is 7.06.